The molecule has 0 saturated heterocycles. The number of hydrogen-bond donors (Lipinski definition) is 1. The van der Waals surface area contributed by atoms with Crippen molar-refractivity contribution in [2.75, 3.05) is 7.05 Å². The van der Waals surface area contributed by atoms with Gasteiger partial charge in [0.15, 0.2) is 0 Å². The van der Waals surface area contributed by atoms with E-state index >= 15 is 0 Å². The van der Waals surface area contributed by atoms with Crippen molar-refractivity contribution in [3.8, 4) is 0 Å². The lowest BCUT2D eigenvalue weighted by molar-refractivity contribution is 0.479. The van der Waals surface area contributed by atoms with Crippen molar-refractivity contribution >= 4 is 0 Å². The molecule has 0 bridgehead atoms. The zero-order chi connectivity index (χ0) is 10.1. The van der Waals surface area contributed by atoms with Crippen molar-refractivity contribution in [3.63, 3.8) is 0 Å². The molecule has 1 saturated carbocycles. The van der Waals surface area contributed by atoms with Gasteiger partial charge in [-0.1, -0.05) is 6.92 Å². The Hall–Kier alpha value is -0.830. The molecule has 3 heteroatoms. The summed E-state index contributed by atoms with van der Waals surface area (Å²) < 4.78 is 1.87. The van der Waals surface area contributed by atoms with E-state index in [-0.39, 0.29) is 0 Å². The van der Waals surface area contributed by atoms with Crippen LogP contribution in [-0.2, 0) is 13.5 Å². The Morgan fingerprint density at radius 2 is 2.43 bits per heavy atom. The quantitative estimate of drug-likeness (QED) is 0.779. The average Bonchev–Trinajstić information content (AvgIpc) is 2.72. The fourth-order valence-electron chi connectivity index (χ4n) is 2.21. The van der Waals surface area contributed by atoms with E-state index in [0.29, 0.717) is 6.04 Å². The Kier molecular flexibility index (Phi) is 2.59. The van der Waals surface area contributed by atoms with E-state index in [1.54, 1.807) is 0 Å². The minimum absolute atomic E-state index is 0.634. The molecule has 2 rings (SSSR count). The average molecular weight is 193 g/mol. The second-order valence-corrected chi connectivity index (χ2v) is 4.50. The van der Waals surface area contributed by atoms with Crippen LogP contribution in [0, 0.1) is 11.8 Å². The monoisotopic (exact) mass is 193 g/mol. The third kappa shape index (κ3) is 1.98. The van der Waals surface area contributed by atoms with Crippen LogP contribution in [0.3, 0.4) is 0 Å². The molecule has 0 spiro atoms. The summed E-state index contributed by atoms with van der Waals surface area (Å²) in [6, 6.07) is 0.634. The molecule has 0 radical (unpaired) electrons. The van der Waals surface area contributed by atoms with E-state index in [4.69, 9.17) is 0 Å². The van der Waals surface area contributed by atoms with Crippen molar-refractivity contribution < 1.29 is 0 Å². The Balaban J connectivity index is 1.94. The summed E-state index contributed by atoms with van der Waals surface area (Å²) in [7, 11) is 4.03. The van der Waals surface area contributed by atoms with Gasteiger partial charge in [0.25, 0.3) is 0 Å². The lowest BCUT2D eigenvalue weighted by atomic mass is 10.0. The Morgan fingerprint density at radius 1 is 1.71 bits per heavy atom. The second kappa shape index (κ2) is 3.73. The van der Waals surface area contributed by atoms with Crippen LogP contribution >= 0.6 is 0 Å². The summed E-state index contributed by atoms with van der Waals surface area (Å²) in [6.45, 7) is 2.33. The highest BCUT2D eigenvalue weighted by atomic mass is 15.2. The number of aromatic nitrogens is 2. The molecule has 1 aromatic heterocycles. The number of nitrogens with one attached hydrogen (secondary N) is 1. The van der Waals surface area contributed by atoms with Gasteiger partial charge in [-0.25, -0.2) is 0 Å². The van der Waals surface area contributed by atoms with Crippen molar-refractivity contribution in [3.05, 3.63) is 18.0 Å². The summed E-state index contributed by atoms with van der Waals surface area (Å²) >= 11 is 0. The summed E-state index contributed by atoms with van der Waals surface area (Å²) in [4.78, 5) is 0. The van der Waals surface area contributed by atoms with Gasteiger partial charge >= 0.3 is 0 Å². The molecule has 0 amide bonds. The molecular formula is C11H19N3. The first-order valence-corrected chi connectivity index (χ1v) is 5.35. The Bertz CT molecular complexity index is 305. The SMILES string of the molecule is CNC(Cc1cnn(C)c1)C1CC1C. The zero-order valence-corrected chi connectivity index (χ0v) is 9.20. The van der Waals surface area contributed by atoms with Gasteiger partial charge in [0, 0.05) is 19.3 Å². The van der Waals surface area contributed by atoms with Gasteiger partial charge in [0.1, 0.15) is 0 Å². The van der Waals surface area contributed by atoms with Crippen molar-refractivity contribution in [1.82, 2.24) is 15.1 Å². The van der Waals surface area contributed by atoms with Crippen LogP contribution in [0.15, 0.2) is 12.4 Å². The Labute approximate surface area is 85.5 Å². The van der Waals surface area contributed by atoms with E-state index in [2.05, 4.69) is 30.6 Å². The molecule has 3 unspecified atom stereocenters. The van der Waals surface area contributed by atoms with E-state index in [0.717, 1.165) is 18.3 Å². The molecule has 0 aromatic carbocycles. The van der Waals surface area contributed by atoms with E-state index in [1.807, 2.05) is 17.9 Å². The Morgan fingerprint density at radius 3 is 2.86 bits per heavy atom. The predicted molar refractivity (Wildman–Crippen MR) is 57.0 cm³/mol. The first-order chi connectivity index (χ1) is 6.70. The highest BCUT2D eigenvalue weighted by molar-refractivity contribution is 5.08. The predicted octanol–water partition coefficient (Wildman–Crippen LogP) is 1.21. The van der Waals surface area contributed by atoms with Crippen molar-refractivity contribution in [2.24, 2.45) is 18.9 Å². The minimum Gasteiger partial charge on any atom is -0.316 e. The lowest BCUT2D eigenvalue weighted by Crippen LogP contribution is -2.30. The van der Waals surface area contributed by atoms with Crippen molar-refractivity contribution in [2.45, 2.75) is 25.8 Å². The number of rotatable bonds is 4. The number of aryl methyl sites for hydroxylation is 1. The molecule has 1 heterocycles. The first kappa shape index (κ1) is 9.71. The van der Waals surface area contributed by atoms with Gasteiger partial charge in [0.2, 0.25) is 0 Å². The van der Waals surface area contributed by atoms with Crippen LogP contribution < -0.4 is 5.32 Å². The van der Waals surface area contributed by atoms with E-state index in [1.165, 1.54) is 12.0 Å². The van der Waals surface area contributed by atoms with Crippen LogP contribution in [0.4, 0.5) is 0 Å². The maximum Gasteiger partial charge on any atom is 0.0522 e. The molecule has 1 fully saturated rings. The van der Waals surface area contributed by atoms with Gasteiger partial charge < -0.3 is 5.32 Å². The number of nitrogens with zero attached hydrogens (tertiary/aromatic N) is 2. The van der Waals surface area contributed by atoms with Gasteiger partial charge in [-0.15, -0.1) is 0 Å². The molecule has 0 aliphatic heterocycles. The van der Waals surface area contributed by atoms with Crippen LogP contribution in [-0.4, -0.2) is 22.9 Å². The smallest absolute Gasteiger partial charge is 0.0522 e. The summed E-state index contributed by atoms with van der Waals surface area (Å²) in [6.07, 6.45) is 6.57. The molecule has 1 N–H and O–H groups in total. The normalized spacial score (nSPS) is 27.6. The second-order valence-electron chi connectivity index (χ2n) is 4.50. The van der Waals surface area contributed by atoms with Gasteiger partial charge in [0.05, 0.1) is 6.20 Å². The third-order valence-electron chi connectivity index (χ3n) is 3.27. The van der Waals surface area contributed by atoms with E-state index < -0.39 is 0 Å². The fourth-order valence-corrected chi connectivity index (χ4v) is 2.21. The molecule has 1 aliphatic carbocycles. The summed E-state index contributed by atoms with van der Waals surface area (Å²) in [5, 5.41) is 7.61. The largest absolute Gasteiger partial charge is 0.316 e. The minimum atomic E-state index is 0.634. The van der Waals surface area contributed by atoms with Crippen LogP contribution in [0.1, 0.15) is 18.9 Å². The maximum absolute atomic E-state index is 4.19. The number of likely N-dealkylation sites (N-methyl/N-ethyl adjacent to an activating group) is 1. The summed E-state index contributed by atoms with van der Waals surface area (Å²) in [5.41, 5.74) is 1.34. The zero-order valence-electron chi connectivity index (χ0n) is 9.20. The summed E-state index contributed by atoms with van der Waals surface area (Å²) in [5.74, 6) is 1.78. The molecular weight excluding hydrogens is 174 g/mol. The van der Waals surface area contributed by atoms with Crippen LogP contribution in [0.5, 0.6) is 0 Å². The first-order valence-electron chi connectivity index (χ1n) is 5.35. The standard InChI is InChI=1S/C11H19N3/c1-8-4-10(8)11(12-2)5-9-6-13-14(3)7-9/h6-8,10-12H,4-5H2,1-3H3. The number of hydrogen-bond acceptors (Lipinski definition) is 2. The molecule has 1 aromatic rings. The molecule has 78 valence electrons. The highest BCUT2D eigenvalue weighted by Gasteiger charge is 2.38. The van der Waals surface area contributed by atoms with Crippen LogP contribution in [0.25, 0.3) is 0 Å². The highest BCUT2D eigenvalue weighted by Crippen LogP contribution is 2.41. The topological polar surface area (TPSA) is 29.9 Å². The maximum atomic E-state index is 4.19. The fraction of sp³-hybridized carbons (Fsp3) is 0.727. The lowest BCUT2D eigenvalue weighted by Gasteiger charge is -2.14. The third-order valence-corrected chi connectivity index (χ3v) is 3.27. The molecule has 3 atom stereocenters. The van der Waals surface area contributed by atoms with Gasteiger partial charge in [-0.3, -0.25) is 4.68 Å². The van der Waals surface area contributed by atoms with Crippen LogP contribution in [0.2, 0.25) is 0 Å². The van der Waals surface area contributed by atoms with E-state index in [9.17, 15) is 0 Å². The van der Waals surface area contributed by atoms with Gasteiger partial charge in [-0.05, 0) is 37.3 Å². The van der Waals surface area contributed by atoms with Crippen molar-refractivity contribution in [1.29, 1.82) is 0 Å². The molecule has 1 aliphatic rings. The van der Waals surface area contributed by atoms with Gasteiger partial charge in [-0.2, -0.15) is 5.10 Å². The molecule has 3 nitrogen and oxygen atoms in total. The molecule has 14 heavy (non-hydrogen) atoms.